The van der Waals surface area contributed by atoms with Crippen LogP contribution >= 0.6 is 12.4 Å². The van der Waals surface area contributed by atoms with Crippen LogP contribution in [0.15, 0.2) is 48.8 Å². The van der Waals surface area contributed by atoms with E-state index in [2.05, 4.69) is 41.4 Å². The number of hydrogen-bond donors (Lipinski definition) is 1. The zero-order valence-corrected chi connectivity index (χ0v) is 15.7. The Morgan fingerprint density at radius 2 is 1.80 bits per heavy atom. The molecule has 1 N–H and O–H groups in total. The van der Waals surface area contributed by atoms with E-state index in [0.717, 1.165) is 32.4 Å². The van der Waals surface area contributed by atoms with E-state index >= 15 is 0 Å². The van der Waals surface area contributed by atoms with E-state index < -0.39 is 0 Å². The molecule has 1 aliphatic rings. The molecule has 1 aromatic heterocycles. The number of rotatable bonds is 4. The van der Waals surface area contributed by atoms with E-state index in [1.807, 2.05) is 34.2 Å². The molecule has 136 valence electrons. The van der Waals surface area contributed by atoms with Crippen LogP contribution in [0.5, 0.6) is 0 Å². The molecule has 1 saturated heterocycles. The molecule has 3 rings (SSSR count). The van der Waals surface area contributed by atoms with Gasteiger partial charge >= 0.3 is 6.03 Å². The molecule has 0 saturated carbocycles. The van der Waals surface area contributed by atoms with Crippen molar-refractivity contribution in [3.8, 4) is 0 Å². The first-order valence-electron chi connectivity index (χ1n) is 8.71. The minimum Gasteiger partial charge on any atom is -0.371 e. The summed E-state index contributed by atoms with van der Waals surface area (Å²) < 4.78 is 1.89. The summed E-state index contributed by atoms with van der Waals surface area (Å²) >= 11 is 0. The van der Waals surface area contributed by atoms with Crippen LogP contribution < -0.4 is 15.2 Å². The van der Waals surface area contributed by atoms with Gasteiger partial charge in [0.05, 0.1) is 6.04 Å². The molecule has 2 amide bonds. The first-order chi connectivity index (χ1) is 11.7. The Labute approximate surface area is 156 Å². The molecule has 1 fully saturated rings. The predicted octanol–water partition coefficient (Wildman–Crippen LogP) is 3.42. The molecular formula is C19H27ClN4O. The third-order valence-corrected chi connectivity index (χ3v) is 4.78. The second kappa shape index (κ2) is 8.81. The maximum absolute atomic E-state index is 12.3. The molecule has 1 aromatic carbocycles. The Hall–Kier alpha value is -2.14. The fourth-order valence-corrected chi connectivity index (χ4v) is 3.51. The van der Waals surface area contributed by atoms with Gasteiger partial charge in [0, 0.05) is 38.2 Å². The summed E-state index contributed by atoms with van der Waals surface area (Å²) in [4.78, 5) is 14.8. The summed E-state index contributed by atoms with van der Waals surface area (Å²) in [7, 11) is 1.69. The number of halogens is 1. The van der Waals surface area contributed by atoms with Gasteiger partial charge < -0.3 is 10.2 Å². The van der Waals surface area contributed by atoms with Crippen LogP contribution in [0.25, 0.3) is 0 Å². The zero-order valence-electron chi connectivity index (χ0n) is 14.9. The highest BCUT2D eigenvalue weighted by Crippen LogP contribution is 2.26. The smallest absolute Gasteiger partial charge is 0.336 e. The number of amides is 2. The minimum atomic E-state index is -0.0568. The molecule has 25 heavy (non-hydrogen) atoms. The van der Waals surface area contributed by atoms with Gasteiger partial charge in [-0.2, -0.15) is 0 Å². The third-order valence-electron chi connectivity index (χ3n) is 4.78. The number of hydrogen-bond acceptors (Lipinski definition) is 2. The molecule has 2 aromatic rings. The summed E-state index contributed by atoms with van der Waals surface area (Å²) in [5.74, 6) is 0. The number of aromatic nitrogens is 1. The molecule has 6 heteroatoms. The van der Waals surface area contributed by atoms with Gasteiger partial charge in [-0.3, -0.25) is 4.68 Å². The largest absolute Gasteiger partial charge is 0.371 e. The number of anilines is 1. The number of carbonyl (C=O) groups is 1. The molecule has 0 spiro atoms. The van der Waals surface area contributed by atoms with Crippen molar-refractivity contribution < 1.29 is 4.79 Å². The van der Waals surface area contributed by atoms with Gasteiger partial charge in [0.2, 0.25) is 0 Å². The fourth-order valence-electron chi connectivity index (χ4n) is 3.51. The monoisotopic (exact) mass is 362 g/mol. The number of urea groups is 1. The molecule has 0 unspecified atom stereocenters. The van der Waals surface area contributed by atoms with E-state index in [1.165, 1.54) is 11.3 Å². The van der Waals surface area contributed by atoms with Crippen molar-refractivity contribution in [1.82, 2.24) is 9.99 Å². The fraction of sp³-hybridized carbons (Fsp3) is 0.421. The topological polar surface area (TPSA) is 40.5 Å². The van der Waals surface area contributed by atoms with E-state index in [0.29, 0.717) is 0 Å². The Balaban J connectivity index is 0.00000225. The van der Waals surface area contributed by atoms with Crippen LogP contribution in [0.4, 0.5) is 10.5 Å². The lowest BCUT2D eigenvalue weighted by Gasteiger charge is -2.39. The Kier molecular flexibility index (Phi) is 6.76. The Morgan fingerprint density at radius 1 is 1.16 bits per heavy atom. The van der Waals surface area contributed by atoms with Crippen molar-refractivity contribution in [2.24, 2.45) is 0 Å². The number of nitrogens with one attached hydrogen (secondary N) is 1. The molecular weight excluding hydrogens is 336 g/mol. The van der Waals surface area contributed by atoms with Gasteiger partial charge in [-0.05, 0) is 43.0 Å². The number of carbonyl (C=O) groups excluding carboxylic acids is 1. The number of nitrogens with zero attached hydrogens (tertiary/aromatic N) is 3. The molecule has 0 aliphatic carbocycles. The van der Waals surface area contributed by atoms with Crippen molar-refractivity contribution >= 4 is 24.1 Å². The van der Waals surface area contributed by atoms with Crippen LogP contribution in [-0.4, -0.2) is 36.9 Å². The summed E-state index contributed by atoms with van der Waals surface area (Å²) in [5, 5.41) is 4.60. The van der Waals surface area contributed by atoms with Gasteiger partial charge in [0.25, 0.3) is 0 Å². The molecule has 0 atom stereocenters. The lowest BCUT2D eigenvalue weighted by Crippen LogP contribution is -2.55. The van der Waals surface area contributed by atoms with Gasteiger partial charge in [-0.25, -0.2) is 9.80 Å². The van der Waals surface area contributed by atoms with E-state index in [-0.39, 0.29) is 24.5 Å². The van der Waals surface area contributed by atoms with Crippen molar-refractivity contribution in [3.63, 3.8) is 0 Å². The van der Waals surface area contributed by atoms with Gasteiger partial charge in [-0.1, -0.05) is 25.1 Å². The molecule has 0 bridgehead atoms. The third kappa shape index (κ3) is 4.10. The van der Waals surface area contributed by atoms with Gasteiger partial charge in [-0.15, -0.1) is 12.4 Å². The maximum atomic E-state index is 12.3. The maximum Gasteiger partial charge on any atom is 0.336 e. The highest BCUT2D eigenvalue weighted by atomic mass is 35.5. The molecule has 1 aliphatic heterocycles. The van der Waals surface area contributed by atoms with E-state index in [1.54, 1.807) is 7.05 Å². The average Bonchev–Trinajstić information content (AvgIpc) is 3.16. The second-order valence-corrected chi connectivity index (χ2v) is 6.16. The van der Waals surface area contributed by atoms with Crippen LogP contribution in [0.3, 0.4) is 0 Å². The van der Waals surface area contributed by atoms with Crippen LogP contribution in [0.2, 0.25) is 0 Å². The highest BCUT2D eigenvalue weighted by molar-refractivity contribution is 5.85. The Morgan fingerprint density at radius 3 is 2.40 bits per heavy atom. The standard InChI is InChI=1S/C19H26N4O.ClH/c1-3-16-8-4-5-9-18(16)21-14-10-17(11-15-21)23(19(24)20-2)22-12-6-7-13-22;/h4-9,12-13,17H,3,10-11,14-15H2,1-2H3,(H,20,24);1H. The van der Waals surface area contributed by atoms with E-state index in [4.69, 9.17) is 0 Å². The van der Waals surface area contributed by atoms with Crippen molar-refractivity contribution in [2.45, 2.75) is 32.2 Å². The quantitative estimate of drug-likeness (QED) is 0.905. The van der Waals surface area contributed by atoms with Crippen LogP contribution in [0, 0.1) is 0 Å². The molecule has 5 nitrogen and oxygen atoms in total. The van der Waals surface area contributed by atoms with Gasteiger partial charge in [0.1, 0.15) is 0 Å². The summed E-state index contributed by atoms with van der Waals surface area (Å²) in [6.07, 6.45) is 6.82. The summed E-state index contributed by atoms with van der Waals surface area (Å²) in [6, 6.07) is 12.7. The van der Waals surface area contributed by atoms with E-state index in [9.17, 15) is 4.79 Å². The SMILES string of the molecule is CCc1ccccc1N1CCC(N(C(=O)NC)n2cccc2)CC1.Cl. The zero-order chi connectivity index (χ0) is 16.9. The normalized spacial score (nSPS) is 14.7. The van der Waals surface area contributed by atoms with Crippen LogP contribution in [0.1, 0.15) is 25.3 Å². The number of para-hydroxylation sites is 1. The average molecular weight is 363 g/mol. The molecule has 0 radical (unpaired) electrons. The van der Waals surface area contributed by atoms with Crippen molar-refractivity contribution in [3.05, 3.63) is 54.4 Å². The summed E-state index contributed by atoms with van der Waals surface area (Å²) in [6.45, 7) is 4.14. The van der Waals surface area contributed by atoms with Crippen LogP contribution in [-0.2, 0) is 6.42 Å². The molecule has 2 heterocycles. The lowest BCUT2D eigenvalue weighted by atomic mass is 10.0. The number of benzene rings is 1. The minimum absolute atomic E-state index is 0. The summed E-state index contributed by atoms with van der Waals surface area (Å²) in [5.41, 5.74) is 2.73. The first kappa shape index (κ1) is 19.2. The number of aryl methyl sites for hydroxylation is 1. The Bertz CT molecular complexity index is 666. The second-order valence-electron chi connectivity index (χ2n) is 6.16. The highest BCUT2D eigenvalue weighted by Gasteiger charge is 2.29. The first-order valence-corrected chi connectivity index (χ1v) is 8.71. The number of piperidine rings is 1. The van der Waals surface area contributed by atoms with Gasteiger partial charge in [0.15, 0.2) is 0 Å². The predicted molar refractivity (Wildman–Crippen MR) is 105 cm³/mol. The lowest BCUT2D eigenvalue weighted by molar-refractivity contribution is 0.236. The van der Waals surface area contributed by atoms with Crippen molar-refractivity contribution in [2.75, 3.05) is 30.0 Å². The van der Waals surface area contributed by atoms with Crippen molar-refractivity contribution in [1.29, 1.82) is 0 Å².